The highest BCUT2D eigenvalue weighted by atomic mass is 32.2. The van der Waals surface area contributed by atoms with Gasteiger partial charge in [0.15, 0.2) is 0 Å². The van der Waals surface area contributed by atoms with E-state index in [4.69, 9.17) is 9.47 Å². The number of sulfone groups is 1. The average molecular weight is 393 g/mol. The van der Waals surface area contributed by atoms with Gasteiger partial charge in [-0.05, 0) is 27.7 Å². The summed E-state index contributed by atoms with van der Waals surface area (Å²) in [4.78, 5) is 20.3. The molecule has 2 heterocycles. The number of amides is 1. The van der Waals surface area contributed by atoms with Crippen molar-refractivity contribution >= 4 is 21.7 Å². The van der Waals surface area contributed by atoms with Crippen LogP contribution in [0, 0.1) is 0 Å². The molecular weight excluding hydrogens is 372 g/mol. The SMILES string of the molecule is C[C@@H](OC(C)(C)C)[C@H]1COC(=O)N1c1cc(C(F)F)nc(S(C)(=O)=O)n1. The number of anilines is 1. The fourth-order valence-electron chi connectivity index (χ4n) is 2.51. The standard InChI is InChI=1S/C15H21F2N3O5S/c1-8(25-15(2,3)4)10-7-24-14(21)20(10)11-6-9(12(16)17)18-13(19-11)26(5,22)23/h6,8,10,12H,7H2,1-5H3/t8-,10-/m1/s1. The van der Waals surface area contributed by atoms with Gasteiger partial charge in [-0.1, -0.05) is 0 Å². The number of halogens is 2. The molecule has 0 radical (unpaired) electrons. The molecule has 1 aliphatic rings. The van der Waals surface area contributed by atoms with Gasteiger partial charge in [0.25, 0.3) is 6.43 Å². The predicted molar refractivity (Wildman–Crippen MR) is 88.0 cm³/mol. The summed E-state index contributed by atoms with van der Waals surface area (Å²) < 4.78 is 60.5. The minimum atomic E-state index is -3.96. The molecule has 146 valence electrons. The Kier molecular flexibility index (Phi) is 5.52. The summed E-state index contributed by atoms with van der Waals surface area (Å²) in [5.41, 5.74) is -1.31. The number of cyclic esters (lactones) is 1. The van der Waals surface area contributed by atoms with Crippen molar-refractivity contribution in [2.24, 2.45) is 0 Å². The van der Waals surface area contributed by atoms with Gasteiger partial charge in [-0.25, -0.2) is 32.0 Å². The Labute approximate surface area is 150 Å². The van der Waals surface area contributed by atoms with Crippen LogP contribution in [0.4, 0.5) is 19.4 Å². The number of ether oxygens (including phenoxy) is 2. The number of rotatable bonds is 5. The molecule has 0 bridgehead atoms. The highest BCUT2D eigenvalue weighted by Crippen LogP contribution is 2.29. The fourth-order valence-corrected chi connectivity index (χ4v) is 3.04. The van der Waals surface area contributed by atoms with Gasteiger partial charge in [-0.15, -0.1) is 0 Å². The minimum absolute atomic E-state index is 0.0434. The van der Waals surface area contributed by atoms with E-state index in [1.165, 1.54) is 0 Å². The molecule has 0 unspecified atom stereocenters. The summed E-state index contributed by atoms with van der Waals surface area (Å²) >= 11 is 0. The zero-order valence-electron chi connectivity index (χ0n) is 15.1. The van der Waals surface area contributed by atoms with Crippen LogP contribution in [0.1, 0.15) is 39.8 Å². The maximum Gasteiger partial charge on any atom is 0.416 e. The zero-order chi connectivity index (χ0) is 19.9. The molecule has 1 amide bonds. The number of alkyl halides is 2. The first-order chi connectivity index (χ1) is 11.8. The van der Waals surface area contributed by atoms with Gasteiger partial charge in [-0.3, -0.25) is 4.90 Å². The van der Waals surface area contributed by atoms with E-state index in [0.29, 0.717) is 0 Å². The molecule has 8 nitrogen and oxygen atoms in total. The Balaban J connectivity index is 2.49. The number of carbonyl (C=O) groups excluding carboxylic acids is 1. The molecule has 0 N–H and O–H groups in total. The van der Waals surface area contributed by atoms with Crippen LogP contribution in [0.5, 0.6) is 0 Å². The molecule has 2 rings (SSSR count). The van der Waals surface area contributed by atoms with Crippen molar-refractivity contribution < 1.29 is 31.5 Å². The lowest BCUT2D eigenvalue weighted by Gasteiger charge is -2.31. The number of nitrogens with zero attached hydrogens (tertiary/aromatic N) is 3. The summed E-state index contributed by atoms with van der Waals surface area (Å²) in [6, 6.07) is 0.220. The van der Waals surface area contributed by atoms with Crippen LogP contribution in [0.15, 0.2) is 11.2 Å². The Morgan fingerprint density at radius 1 is 1.35 bits per heavy atom. The quantitative estimate of drug-likeness (QED) is 0.708. The van der Waals surface area contributed by atoms with E-state index in [2.05, 4.69) is 9.97 Å². The summed E-state index contributed by atoms with van der Waals surface area (Å²) in [7, 11) is -3.96. The Bertz CT molecular complexity index is 795. The van der Waals surface area contributed by atoms with Crippen LogP contribution in [-0.2, 0) is 19.3 Å². The van der Waals surface area contributed by atoms with Gasteiger partial charge in [0.1, 0.15) is 24.2 Å². The monoisotopic (exact) mass is 393 g/mol. The number of hydrogen-bond donors (Lipinski definition) is 0. The minimum Gasteiger partial charge on any atom is -0.447 e. The Morgan fingerprint density at radius 3 is 2.46 bits per heavy atom. The van der Waals surface area contributed by atoms with Crippen molar-refractivity contribution in [1.82, 2.24) is 9.97 Å². The molecule has 11 heteroatoms. The Morgan fingerprint density at radius 2 is 1.96 bits per heavy atom. The van der Waals surface area contributed by atoms with E-state index in [9.17, 15) is 22.0 Å². The maximum absolute atomic E-state index is 13.1. The summed E-state index contributed by atoms with van der Waals surface area (Å²) in [5.74, 6) is -0.271. The van der Waals surface area contributed by atoms with Crippen molar-refractivity contribution in [2.45, 2.75) is 57.0 Å². The first-order valence-electron chi connectivity index (χ1n) is 7.80. The zero-order valence-corrected chi connectivity index (χ0v) is 15.9. The fraction of sp³-hybridized carbons (Fsp3) is 0.667. The van der Waals surface area contributed by atoms with E-state index in [0.717, 1.165) is 17.2 Å². The molecule has 1 aromatic rings. The number of hydrogen-bond acceptors (Lipinski definition) is 7. The molecule has 1 aromatic heterocycles. The van der Waals surface area contributed by atoms with Gasteiger partial charge in [0.2, 0.25) is 15.0 Å². The third kappa shape index (κ3) is 4.64. The maximum atomic E-state index is 13.1. The number of aromatic nitrogens is 2. The lowest BCUT2D eigenvalue weighted by molar-refractivity contribution is -0.0618. The predicted octanol–water partition coefficient (Wildman–Crippen LogP) is 2.35. The normalized spacial score (nSPS) is 19.8. The summed E-state index contributed by atoms with van der Waals surface area (Å²) in [6.07, 6.45) is -3.57. The van der Waals surface area contributed by atoms with Crippen LogP contribution < -0.4 is 4.90 Å². The van der Waals surface area contributed by atoms with Gasteiger partial charge in [0.05, 0.1) is 11.7 Å². The molecule has 1 fully saturated rings. The molecular formula is C15H21F2N3O5S. The summed E-state index contributed by atoms with van der Waals surface area (Å²) in [6.45, 7) is 7.14. The average Bonchev–Trinajstić information content (AvgIpc) is 2.86. The van der Waals surface area contributed by atoms with Crippen LogP contribution in [-0.4, -0.2) is 55.1 Å². The highest BCUT2D eigenvalue weighted by Gasteiger charge is 2.41. The molecule has 0 saturated carbocycles. The van der Waals surface area contributed by atoms with Crippen molar-refractivity contribution in [3.05, 3.63) is 11.8 Å². The van der Waals surface area contributed by atoms with E-state index in [1.54, 1.807) is 6.92 Å². The van der Waals surface area contributed by atoms with E-state index in [1.807, 2.05) is 20.8 Å². The third-order valence-electron chi connectivity index (χ3n) is 3.50. The second-order valence-corrected chi connectivity index (χ2v) is 8.87. The van der Waals surface area contributed by atoms with Crippen molar-refractivity contribution in [2.75, 3.05) is 17.8 Å². The van der Waals surface area contributed by atoms with E-state index < -0.39 is 51.0 Å². The molecule has 0 aromatic carbocycles. The van der Waals surface area contributed by atoms with Crippen LogP contribution in [0.2, 0.25) is 0 Å². The smallest absolute Gasteiger partial charge is 0.416 e. The van der Waals surface area contributed by atoms with E-state index >= 15 is 0 Å². The van der Waals surface area contributed by atoms with Gasteiger partial charge in [-0.2, -0.15) is 0 Å². The van der Waals surface area contributed by atoms with Gasteiger partial charge >= 0.3 is 6.09 Å². The molecule has 0 aliphatic carbocycles. The summed E-state index contributed by atoms with van der Waals surface area (Å²) in [5, 5.41) is -0.784. The molecule has 0 spiro atoms. The molecule has 26 heavy (non-hydrogen) atoms. The first-order valence-corrected chi connectivity index (χ1v) is 9.70. The largest absolute Gasteiger partial charge is 0.447 e. The Hall–Kier alpha value is -1.88. The lowest BCUT2D eigenvalue weighted by Crippen LogP contribution is -2.45. The number of carbonyl (C=O) groups is 1. The van der Waals surface area contributed by atoms with Crippen LogP contribution >= 0.6 is 0 Å². The lowest BCUT2D eigenvalue weighted by atomic mass is 10.1. The van der Waals surface area contributed by atoms with Crippen LogP contribution in [0.3, 0.4) is 0 Å². The van der Waals surface area contributed by atoms with Crippen molar-refractivity contribution in [3.8, 4) is 0 Å². The van der Waals surface area contributed by atoms with Gasteiger partial charge < -0.3 is 9.47 Å². The van der Waals surface area contributed by atoms with E-state index in [-0.39, 0.29) is 12.4 Å². The van der Waals surface area contributed by atoms with Gasteiger partial charge in [0, 0.05) is 12.3 Å². The first kappa shape index (κ1) is 20.4. The van der Waals surface area contributed by atoms with Crippen LogP contribution in [0.25, 0.3) is 0 Å². The molecule has 2 atom stereocenters. The van der Waals surface area contributed by atoms with Crippen molar-refractivity contribution in [1.29, 1.82) is 0 Å². The highest BCUT2D eigenvalue weighted by molar-refractivity contribution is 7.90. The molecule has 1 saturated heterocycles. The second-order valence-electron chi connectivity index (χ2n) is 6.96. The third-order valence-corrected chi connectivity index (χ3v) is 4.35. The second kappa shape index (κ2) is 7.03. The van der Waals surface area contributed by atoms with Crippen molar-refractivity contribution in [3.63, 3.8) is 0 Å². The molecule has 1 aliphatic heterocycles. The topological polar surface area (TPSA) is 98.7 Å².